The summed E-state index contributed by atoms with van der Waals surface area (Å²) in [7, 11) is 3.64. The number of rotatable bonds is 8. The second-order valence-corrected chi connectivity index (χ2v) is 6.70. The number of nitrogens with zero attached hydrogens (tertiary/aromatic N) is 2. The van der Waals surface area contributed by atoms with Crippen molar-refractivity contribution in [1.29, 1.82) is 0 Å². The molecule has 0 saturated carbocycles. The van der Waals surface area contributed by atoms with E-state index in [1.54, 1.807) is 13.2 Å². The van der Waals surface area contributed by atoms with Gasteiger partial charge in [-0.25, -0.2) is 14.2 Å². The number of anilines is 1. The highest BCUT2D eigenvalue weighted by atomic mass is 35.5. The van der Waals surface area contributed by atoms with E-state index in [2.05, 4.69) is 20.5 Å². The lowest BCUT2D eigenvalue weighted by Gasteiger charge is -2.13. The summed E-state index contributed by atoms with van der Waals surface area (Å²) in [5.41, 5.74) is 1.59. The van der Waals surface area contributed by atoms with E-state index >= 15 is 0 Å². The van der Waals surface area contributed by atoms with Crippen molar-refractivity contribution in [2.75, 3.05) is 32.6 Å². The van der Waals surface area contributed by atoms with Crippen LogP contribution in [0.2, 0.25) is 5.02 Å². The number of halogens is 2. The average molecular weight is 387 g/mol. The lowest BCUT2D eigenvalue weighted by atomic mass is 10.2. The highest BCUT2D eigenvalue weighted by Gasteiger charge is 2.09. The molecule has 1 heterocycles. The monoisotopic (exact) mass is 386 g/mol. The van der Waals surface area contributed by atoms with E-state index in [0.29, 0.717) is 23.8 Å². The molecule has 0 aliphatic carbocycles. The molecule has 1 aromatic heterocycles. The van der Waals surface area contributed by atoms with E-state index in [4.69, 9.17) is 16.3 Å². The normalized spacial score (nSPS) is 10.9. The topological polar surface area (TPSA) is 66.5 Å². The summed E-state index contributed by atoms with van der Waals surface area (Å²) < 4.78 is 18.1. The van der Waals surface area contributed by atoms with Crippen molar-refractivity contribution >= 4 is 34.1 Å². The maximum absolute atomic E-state index is 13.1. The number of methoxy groups -OCH3 is 1. The van der Waals surface area contributed by atoms with Crippen LogP contribution in [0.25, 0.3) is 0 Å². The molecule has 25 heavy (non-hydrogen) atoms. The minimum absolute atomic E-state index is 0.0295. The maximum Gasteiger partial charge on any atom is 0.321 e. The van der Waals surface area contributed by atoms with Crippen molar-refractivity contribution in [3.05, 3.63) is 45.7 Å². The molecule has 2 amide bonds. The van der Waals surface area contributed by atoms with Gasteiger partial charge in [0, 0.05) is 32.1 Å². The Morgan fingerprint density at radius 3 is 3.00 bits per heavy atom. The Morgan fingerprint density at radius 1 is 1.48 bits per heavy atom. The number of carbonyl (C=O) groups is 1. The number of hydrogen-bond donors (Lipinski definition) is 2. The molecule has 0 atom stereocenters. The first kappa shape index (κ1) is 19.6. The van der Waals surface area contributed by atoms with Crippen LogP contribution in [0.4, 0.5) is 14.3 Å². The van der Waals surface area contributed by atoms with Crippen molar-refractivity contribution in [2.45, 2.75) is 13.1 Å². The van der Waals surface area contributed by atoms with Gasteiger partial charge in [0.2, 0.25) is 0 Å². The van der Waals surface area contributed by atoms with Gasteiger partial charge in [-0.05, 0) is 24.7 Å². The molecule has 0 aliphatic rings. The summed E-state index contributed by atoms with van der Waals surface area (Å²) in [6, 6.07) is 3.94. The van der Waals surface area contributed by atoms with Crippen LogP contribution in [0, 0.1) is 5.82 Å². The molecule has 0 unspecified atom stereocenters. The van der Waals surface area contributed by atoms with E-state index in [1.807, 2.05) is 12.4 Å². The second-order valence-electron chi connectivity index (χ2n) is 5.43. The van der Waals surface area contributed by atoms with Gasteiger partial charge in [-0.15, -0.1) is 11.3 Å². The first-order valence-electron chi connectivity index (χ1n) is 7.58. The van der Waals surface area contributed by atoms with Gasteiger partial charge >= 0.3 is 6.03 Å². The summed E-state index contributed by atoms with van der Waals surface area (Å²) in [6.07, 6.45) is 0. The maximum atomic E-state index is 13.1. The zero-order valence-electron chi connectivity index (χ0n) is 14.0. The van der Waals surface area contributed by atoms with Gasteiger partial charge in [0.1, 0.15) is 5.82 Å². The van der Waals surface area contributed by atoms with Gasteiger partial charge in [0.05, 0.1) is 17.3 Å². The third-order valence-electron chi connectivity index (χ3n) is 3.32. The smallest absolute Gasteiger partial charge is 0.321 e. The summed E-state index contributed by atoms with van der Waals surface area (Å²) in [6.45, 7) is 2.38. The number of aromatic nitrogens is 1. The zero-order chi connectivity index (χ0) is 18.2. The van der Waals surface area contributed by atoms with Gasteiger partial charge < -0.3 is 10.1 Å². The lowest BCUT2D eigenvalue weighted by Crippen LogP contribution is -2.28. The molecular formula is C16H20ClFN4O2S. The number of likely N-dealkylation sites (N-methyl/N-ethyl adjacent to an activating group) is 1. The van der Waals surface area contributed by atoms with Crippen molar-refractivity contribution in [1.82, 2.24) is 15.2 Å². The van der Waals surface area contributed by atoms with Gasteiger partial charge in [-0.1, -0.05) is 17.7 Å². The van der Waals surface area contributed by atoms with Gasteiger partial charge in [-0.3, -0.25) is 10.2 Å². The number of thiazole rings is 1. The van der Waals surface area contributed by atoms with Crippen LogP contribution in [0.1, 0.15) is 11.3 Å². The van der Waals surface area contributed by atoms with E-state index in [0.717, 1.165) is 12.2 Å². The Hall–Kier alpha value is -1.74. The molecule has 9 heteroatoms. The summed E-state index contributed by atoms with van der Waals surface area (Å²) in [5.74, 6) is -0.486. The number of carbonyl (C=O) groups excluding carboxylic acids is 1. The Bertz CT molecular complexity index is 713. The number of ether oxygens (including phenoxy) is 1. The highest BCUT2D eigenvalue weighted by Crippen LogP contribution is 2.17. The van der Waals surface area contributed by atoms with Crippen molar-refractivity contribution in [2.24, 2.45) is 0 Å². The van der Waals surface area contributed by atoms with E-state index in [9.17, 15) is 9.18 Å². The predicted molar refractivity (Wildman–Crippen MR) is 97.6 cm³/mol. The quantitative estimate of drug-likeness (QED) is 0.730. The molecule has 0 saturated heterocycles. The summed E-state index contributed by atoms with van der Waals surface area (Å²) >= 11 is 7.07. The second kappa shape index (κ2) is 9.67. The Balaban J connectivity index is 1.79. The lowest BCUT2D eigenvalue weighted by molar-refractivity contribution is 0.158. The van der Waals surface area contributed by atoms with E-state index < -0.39 is 5.82 Å². The van der Waals surface area contributed by atoms with Gasteiger partial charge in [0.25, 0.3) is 0 Å². The van der Waals surface area contributed by atoms with E-state index in [-0.39, 0.29) is 17.6 Å². The van der Waals surface area contributed by atoms with Crippen LogP contribution in [0.15, 0.2) is 23.6 Å². The highest BCUT2D eigenvalue weighted by molar-refractivity contribution is 7.13. The van der Waals surface area contributed by atoms with Crippen LogP contribution in [-0.2, 0) is 17.8 Å². The van der Waals surface area contributed by atoms with Crippen LogP contribution < -0.4 is 10.6 Å². The van der Waals surface area contributed by atoms with E-state index in [1.165, 1.54) is 23.5 Å². The van der Waals surface area contributed by atoms with Crippen molar-refractivity contribution < 1.29 is 13.9 Å². The average Bonchev–Trinajstić information content (AvgIpc) is 3.00. The van der Waals surface area contributed by atoms with Gasteiger partial charge in [0.15, 0.2) is 5.13 Å². The van der Waals surface area contributed by atoms with Crippen molar-refractivity contribution in [3.63, 3.8) is 0 Å². The fourth-order valence-corrected chi connectivity index (χ4v) is 2.91. The molecule has 0 aliphatic heterocycles. The molecule has 0 bridgehead atoms. The van der Waals surface area contributed by atoms with Crippen LogP contribution in [0.5, 0.6) is 0 Å². The largest absolute Gasteiger partial charge is 0.383 e. The van der Waals surface area contributed by atoms with Crippen LogP contribution in [-0.4, -0.2) is 43.2 Å². The molecule has 136 valence electrons. The molecule has 2 N–H and O–H groups in total. The standard InChI is InChI=1S/C16H20ClFN4O2S/c1-22(5-6-24-2)9-12-10-25-16(20-12)21-15(23)19-8-11-3-4-14(18)13(17)7-11/h3-4,7,10H,5-6,8-9H2,1-2H3,(H2,19,20,21,23). The predicted octanol–water partition coefficient (Wildman–Crippen LogP) is 3.34. The molecule has 2 rings (SSSR count). The molecular weight excluding hydrogens is 367 g/mol. The molecule has 0 radical (unpaired) electrons. The summed E-state index contributed by atoms with van der Waals surface area (Å²) in [4.78, 5) is 18.4. The number of nitrogens with one attached hydrogen (secondary N) is 2. The van der Waals surface area contributed by atoms with Gasteiger partial charge in [-0.2, -0.15) is 0 Å². The van der Waals surface area contributed by atoms with Crippen LogP contribution in [0.3, 0.4) is 0 Å². The minimum atomic E-state index is -0.486. The number of benzene rings is 1. The third-order valence-corrected chi connectivity index (χ3v) is 4.41. The molecule has 6 nitrogen and oxygen atoms in total. The summed E-state index contributed by atoms with van der Waals surface area (Å²) in [5, 5.41) is 7.81. The Morgan fingerprint density at radius 2 is 2.28 bits per heavy atom. The minimum Gasteiger partial charge on any atom is -0.383 e. The van der Waals surface area contributed by atoms with Crippen LogP contribution >= 0.6 is 22.9 Å². The molecule has 0 spiro atoms. The third kappa shape index (κ3) is 6.58. The molecule has 1 aromatic carbocycles. The first-order chi connectivity index (χ1) is 12.0. The first-order valence-corrected chi connectivity index (χ1v) is 8.84. The number of urea groups is 1. The fourth-order valence-electron chi connectivity index (χ4n) is 2.01. The Kier molecular flexibility index (Phi) is 7.57. The van der Waals surface area contributed by atoms with Crippen molar-refractivity contribution in [3.8, 4) is 0 Å². The SMILES string of the molecule is COCCN(C)Cc1csc(NC(=O)NCc2ccc(F)c(Cl)c2)n1. The molecule has 2 aromatic rings. The fraction of sp³-hybridized carbons (Fsp3) is 0.375. The Labute approximate surface area is 155 Å². The molecule has 0 fully saturated rings. The number of amides is 2. The number of hydrogen-bond acceptors (Lipinski definition) is 5. The zero-order valence-corrected chi connectivity index (χ0v) is 15.6.